The zero-order valence-corrected chi connectivity index (χ0v) is 19.5. The van der Waals surface area contributed by atoms with E-state index in [1.54, 1.807) is 7.05 Å². The number of nitrogens with one attached hydrogen (secondary N) is 1. The van der Waals surface area contributed by atoms with Crippen molar-refractivity contribution in [3.8, 4) is 11.1 Å². The van der Waals surface area contributed by atoms with E-state index >= 15 is 0 Å². The highest BCUT2D eigenvalue weighted by Crippen LogP contribution is 2.44. The third-order valence-electron chi connectivity index (χ3n) is 6.56. The lowest BCUT2D eigenvalue weighted by Gasteiger charge is -2.26. The maximum Gasteiger partial charge on any atom is 0.411 e. The lowest BCUT2D eigenvalue weighted by atomic mass is 9.98. The number of ether oxygens (including phenoxy) is 1. The van der Waals surface area contributed by atoms with Crippen molar-refractivity contribution >= 4 is 23.7 Å². The summed E-state index contributed by atoms with van der Waals surface area (Å²) in [7, 11) is 1.63. The number of fused-ring (bicyclic) bond motifs is 3. The molecule has 0 radical (unpaired) electrons. The molecule has 1 heterocycles. The Bertz CT molecular complexity index is 1270. The normalized spacial score (nSPS) is 15.1. The third kappa shape index (κ3) is 4.25. The fourth-order valence-corrected chi connectivity index (χ4v) is 4.73. The molecule has 9 nitrogen and oxygen atoms in total. The Morgan fingerprint density at radius 3 is 2.29 bits per heavy atom. The summed E-state index contributed by atoms with van der Waals surface area (Å²) in [6.45, 7) is 1.60. The fraction of sp³-hybridized carbons (Fsp3) is 0.308. The van der Waals surface area contributed by atoms with Crippen LogP contribution in [0.5, 0.6) is 0 Å². The van der Waals surface area contributed by atoms with Crippen LogP contribution >= 0.6 is 0 Å². The van der Waals surface area contributed by atoms with Gasteiger partial charge >= 0.3 is 12.1 Å². The molecule has 2 N–H and O–H groups in total. The van der Waals surface area contributed by atoms with Crippen molar-refractivity contribution in [2.24, 2.45) is 7.05 Å². The fourth-order valence-electron chi connectivity index (χ4n) is 4.73. The number of carbonyl (C=O) groups excluding carboxylic acids is 2. The Hall–Kier alpha value is -4.14. The van der Waals surface area contributed by atoms with Gasteiger partial charge in [0.15, 0.2) is 5.69 Å². The predicted molar refractivity (Wildman–Crippen MR) is 128 cm³/mol. The molecule has 0 saturated heterocycles. The average molecular weight is 475 g/mol. The largest absolute Gasteiger partial charge is 0.480 e. The average Bonchev–Trinajstić information content (AvgIpc) is 3.53. The minimum atomic E-state index is -1.09. The Morgan fingerprint density at radius 2 is 1.71 bits per heavy atom. The SMILES string of the molecule is CC(C(=O)O)N(C(=O)c1nn(C)cc1NC(=O)OCC1c2ccccc2-c2ccccc21)C1CC1. The van der Waals surface area contributed by atoms with Crippen LogP contribution < -0.4 is 5.32 Å². The number of aromatic nitrogens is 2. The first-order valence-corrected chi connectivity index (χ1v) is 11.6. The summed E-state index contributed by atoms with van der Waals surface area (Å²) < 4.78 is 6.99. The number of hydrogen-bond acceptors (Lipinski definition) is 5. The summed E-state index contributed by atoms with van der Waals surface area (Å²) in [6.07, 6.45) is 2.28. The molecule has 2 aliphatic carbocycles. The van der Waals surface area contributed by atoms with Crippen LogP contribution in [0.25, 0.3) is 11.1 Å². The summed E-state index contributed by atoms with van der Waals surface area (Å²) >= 11 is 0. The molecule has 35 heavy (non-hydrogen) atoms. The molecule has 9 heteroatoms. The number of carboxylic acids is 1. The number of carbonyl (C=O) groups is 3. The minimum absolute atomic E-state index is 0.0130. The van der Waals surface area contributed by atoms with Crippen molar-refractivity contribution in [3.63, 3.8) is 0 Å². The van der Waals surface area contributed by atoms with E-state index in [2.05, 4.69) is 22.5 Å². The van der Waals surface area contributed by atoms with Gasteiger partial charge in [-0.25, -0.2) is 9.59 Å². The van der Waals surface area contributed by atoms with E-state index in [-0.39, 0.29) is 29.9 Å². The van der Waals surface area contributed by atoms with Gasteiger partial charge < -0.3 is 14.7 Å². The van der Waals surface area contributed by atoms with Crippen molar-refractivity contribution in [1.29, 1.82) is 0 Å². The van der Waals surface area contributed by atoms with Crippen molar-refractivity contribution in [2.75, 3.05) is 11.9 Å². The van der Waals surface area contributed by atoms with Gasteiger partial charge in [-0.05, 0) is 42.0 Å². The number of anilines is 1. The topological polar surface area (TPSA) is 114 Å². The number of amides is 2. The number of benzene rings is 2. The highest BCUT2D eigenvalue weighted by molar-refractivity contribution is 6.02. The molecule has 1 saturated carbocycles. The standard InChI is InChI=1S/C26H26N4O5/c1-15(25(32)33)30(16-11-12-16)24(31)23-22(13-29(2)28-23)27-26(34)35-14-21-19-9-5-3-7-17(19)18-8-4-6-10-20(18)21/h3-10,13,15-16,21H,11-12,14H2,1-2H3,(H,27,34)(H,32,33). The summed E-state index contributed by atoms with van der Waals surface area (Å²) in [5, 5.41) is 16.3. The van der Waals surface area contributed by atoms with Gasteiger partial charge in [-0.1, -0.05) is 48.5 Å². The maximum atomic E-state index is 13.2. The van der Waals surface area contributed by atoms with Gasteiger partial charge in [0, 0.05) is 25.2 Å². The summed E-state index contributed by atoms with van der Waals surface area (Å²) in [6, 6.07) is 15.0. The van der Waals surface area contributed by atoms with Crippen LogP contribution in [0.2, 0.25) is 0 Å². The van der Waals surface area contributed by atoms with E-state index in [9.17, 15) is 19.5 Å². The van der Waals surface area contributed by atoms with Gasteiger partial charge in [0.1, 0.15) is 12.6 Å². The lowest BCUT2D eigenvalue weighted by Crippen LogP contribution is -2.45. The number of rotatable bonds is 7. The molecular formula is C26H26N4O5. The van der Waals surface area contributed by atoms with E-state index in [0.717, 1.165) is 35.1 Å². The van der Waals surface area contributed by atoms with Gasteiger partial charge in [-0.15, -0.1) is 0 Å². The molecule has 2 aliphatic rings. The van der Waals surface area contributed by atoms with Crippen LogP contribution in [-0.2, 0) is 16.6 Å². The molecule has 180 valence electrons. The maximum absolute atomic E-state index is 13.2. The van der Waals surface area contributed by atoms with Crippen LogP contribution in [0, 0.1) is 0 Å². The van der Waals surface area contributed by atoms with Gasteiger partial charge in [0.25, 0.3) is 5.91 Å². The molecule has 1 fully saturated rings. The smallest absolute Gasteiger partial charge is 0.411 e. The molecule has 3 aromatic rings. The zero-order valence-electron chi connectivity index (χ0n) is 19.5. The molecule has 2 amide bonds. The van der Waals surface area contributed by atoms with Crippen molar-refractivity contribution < 1.29 is 24.2 Å². The molecular weight excluding hydrogens is 448 g/mol. The molecule has 2 aromatic carbocycles. The molecule has 0 spiro atoms. The Labute approximate surface area is 202 Å². The summed E-state index contributed by atoms with van der Waals surface area (Å²) in [4.78, 5) is 38.9. The number of carboxylic acid groups (broad SMARTS) is 1. The molecule has 0 aliphatic heterocycles. The van der Waals surface area contributed by atoms with Gasteiger partial charge in [0.05, 0.1) is 5.69 Å². The van der Waals surface area contributed by atoms with E-state index < -0.39 is 24.0 Å². The second-order valence-corrected chi connectivity index (χ2v) is 8.97. The predicted octanol–water partition coefficient (Wildman–Crippen LogP) is 3.86. The Balaban J connectivity index is 1.31. The number of hydrogen-bond donors (Lipinski definition) is 2. The summed E-state index contributed by atoms with van der Waals surface area (Å²) in [5.74, 6) is -1.71. The van der Waals surface area contributed by atoms with E-state index in [1.165, 1.54) is 22.7 Å². The van der Waals surface area contributed by atoms with Gasteiger partial charge in [-0.2, -0.15) is 5.10 Å². The van der Waals surface area contributed by atoms with E-state index in [1.807, 2.05) is 36.4 Å². The first-order chi connectivity index (χ1) is 16.8. The van der Waals surface area contributed by atoms with E-state index in [0.29, 0.717) is 0 Å². The highest BCUT2D eigenvalue weighted by Gasteiger charge is 2.40. The first kappa shape index (κ1) is 22.6. The Morgan fingerprint density at radius 1 is 1.11 bits per heavy atom. The van der Waals surface area contributed by atoms with Crippen molar-refractivity contribution in [2.45, 2.75) is 37.8 Å². The van der Waals surface area contributed by atoms with E-state index in [4.69, 9.17) is 4.74 Å². The Kier molecular flexibility index (Phi) is 5.76. The van der Waals surface area contributed by atoms with Gasteiger partial charge in [-0.3, -0.25) is 14.8 Å². The lowest BCUT2D eigenvalue weighted by molar-refractivity contribution is -0.141. The van der Waals surface area contributed by atoms with Crippen molar-refractivity contribution in [1.82, 2.24) is 14.7 Å². The van der Waals surface area contributed by atoms with Crippen LogP contribution in [0.4, 0.5) is 10.5 Å². The molecule has 1 atom stereocenters. The number of aryl methyl sites for hydroxylation is 1. The minimum Gasteiger partial charge on any atom is -0.480 e. The second kappa shape index (κ2) is 8.90. The number of aliphatic carboxylic acids is 1. The molecule has 1 unspecified atom stereocenters. The quantitative estimate of drug-likeness (QED) is 0.538. The summed E-state index contributed by atoms with van der Waals surface area (Å²) in [5.41, 5.74) is 4.62. The monoisotopic (exact) mass is 474 g/mol. The zero-order chi connectivity index (χ0) is 24.7. The number of nitrogens with zero attached hydrogens (tertiary/aromatic N) is 3. The van der Waals surface area contributed by atoms with Crippen LogP contribution in [-0.4, -0.2) is 56.4 Å². The molecule has 1 aromatic heterocycles. The highest BCUT2D eigenvalue weighted by atomic mass is 16.5. The molecule has 0 bridgehead atoms. The van der Waals surface area contributed by atoms with Crippen LogP contribution in [0.3, 0.4) is 0 Å². The molecule has 5 rings (SSSR count). The first-order valence-electron chi connectivity index (χ1n) is 11.6. The van der Waals surface area contributed by atoms with Crippen molar-refractivity contribution in [3.05, 3.63) is 71.5 Å². The van der Waals surface area contributed by atoms with Crippen LogP contribution in [0.15, 0.2) is 54.7 Å². The third-order valence-corrected chi connectivity index (χ3v) is 6.56. The van der Waals surface area contributed by atoms with Gasteiger partial charge in [0.2, 0.25) is 0 Å². The van der Waals surface area contributed by atoms with Crippen LogP contribution in [0.1, 0.15) is 47.3 Å². The second-order valence-electron chi connectivity index (χ2n) is 8.97.